The van der Waals surface area contributed by atoms with Crippen LogP contribution in [-0.2, 0) is 0 Å². The van der Waals surface area contributed by atoms with E-state index in [1.165, 1.54) is 24.2 Å². The lowest BCUT2D eigenvalue weighted by Gasteiger charge is -2.31. The zero-order valence-corrected chi connectivity index (χ0v) is 13.6. The molecule has 2 heterocycles. The van der Waals surface area contributed by atoms with Crippen molar-refractivity contribution >= 4 is 17.2 Å². The number of likely N-dealkylation sites (tertiary alicyclic amines) is 1. The largest absolute Gasteiger partial charge is 0.341 e. The van der Waals surface area contributed by atoms with Crippen LogP contribution in [0.25, 0.3) is 0 Å². The van der Waals surface area contributed by atoms with Gasteiger partial charge in [0.2, 0.25) is 0 Å². The van der Waals surface area contributed by atoms with Gasteiger partial charge in [-0.15, -0.1) is 11.3 Å². The number of hydrogen-bond acceptors (Lipinski definition) is 4. The Kier molecular flexibility index (Phi) is 5.80. The van der Waals surface area contributed by atoms with Gasteiger partial charge >= 0.3 is 0 Å². The Morgan fingerprint density at radius 2 is 2.19 bits per heavy atom. The predicted molar refractivity (Wildman–Crippen MR) is 87.4 cm³/mol. The molecule has 1 fully saturated rings. The number of nitrogens with two attached hydrogens (primary N) is 1. The summed E-state index contributed by atoms with van der Waals surface area (Å²) in [6.07, 6.45) is 2.34. The first-order valence-corrected chi connectivity index (χ1v) is 8.14. The molecule has 2 N–H and O–H groups in total. The highest BCUT2D eigenvalue weighted by atomic mass is 32.1. The number of thiophene rings is 1. The van der Waals surface area contributed by atoms with E-state index >= 15 is 0 Å². The van der Waals surface area contributed by atoms with E-state index < -0.39 is 0 Å². The summed E-state index contributed by atoms with van der Waals surface area (Å²) >= 11 is 1.44. The van der Waals surface area contributed by atoms with E-state index in [2.05, 4.69) is 23.8 Å². The van der Waals surface area contributed by atoms with Crippen molar-refractivity contribution in [3.63, 3.8) is 0 Å². The Labute approximate surface area is 130 Å². The average molecular weight is 305 g/mol. The van der Waals surface area contributed by atoms with Gasteiger partial charge in [0.1, 0.15) is 0 Å². The standard InChI is InChI=1S/C16H23N3OS/c1-18-10-7-13(8-11-18)12-19(2)16(20)15-6-5-14(21-15)4-3-9-17/h5-6,13H,7-12,17H2,1-2H3. The first-order chi connectivity index (χ1) is 10.1. The topological polar surface area (TPSA) is 49.6 Å². The summed E-state index contributed by atoms with van der Waals surface area (Å²) in [4.78, 5) is 18.3. The minimum atomic E-state index is 0.0970. The molecule has 1 aliphatic rings. The molecule has 1 aliphatic heterocycles. The van der Waals surface area contributed by atoms with Crippen LogP contribution in [0.3, 0.4) is 0 Å². The highest BCUT2D eigenvalue weighted by molar-refractivity contribution is 7.14. The van der Waals surface area contributed by atoms with E-state index in [9.17, 15) is 4.79 Å². The molecule has 0 atom stereocenters. The molecule has 114 valence electrons. The van der Waals surface area contributed by atoms with E-state index in [0.29, 0.717) is 12.5 Å². The SMILES string of the molecule is CN1CCC(CN(C)C(=O)c2ccc(C#CCN)s2)CC1. The van der Waals surface area contributed by atoms with Crippen LogP contribution in [-0.4, -0.2) is 56.0 Å². The fourth-order valence-corrected chi connectivity index (χ4v) is 3.44. The molecule has 0 unspecified atom stereocenters. The van der Waals surface area contributed by atoms with Crippen LogP contribution in [0.15, 0.2) is 12.1 Å². The van der Waals surface area contributed by atoms with E-state index in [1.54, 1.807) is 0 Å². The van der Waals surface area contributed by atoms with Crippen molar-refractivity contribution in [3.8, 4) is 11.8 Å². The number of hydrogen-bond donors (Lipinski definition) is 1. The molecule has 0 aromatic carbocycles. The summed E-state index contributed by atoms with van der Waals surface area (Å²) in [5, 5.41) is 0. The predicted octanol–water partition coefficient (Wildman–Crippen LogP) is 1.47. The van der Waals surface area contributed by atoms with Crippen molar-refractivity contribution < 1.29 is 4.79 Å². The molecular weight excluding hydrogens is 282 g/mol. The van der Waals surface area contributed by atoms with Gasteiger partial charge in [-0.05, 0) is 51.0 Å². The lowest BCUT2D eigenvalue weighted by molar-refractivity contribution is 0.0752. The van der Waals surface area contributed by atoms with Crippen LogP contribution >= 0.6 is 11.3 Å². The molecule has 1 aromatic heterocycles. The Hall–Kier alpha value is -1.35. The highest BCUT2D eigenvalue weighted by Gasteiger charge is 2.21. The van der Waals surface area contributed by atoms with E-state index in [-0.39, 0.29) is 5.91 Å². The monoisotopic (exact) mass is 305 g/mol. The van der Waals surface area contributed by atoms with Gasteiger partial charge in [-0.1, -0.05) is 11.8 Å². The fourth-order valence-electron chi connectivity index (χ4n) is 2.56. The van der Waals surface area contributed by atoms with Crippen LogP contribution in [0.5, 0.6) is 0 Å². The minimum absolute atomic E-state index is 0.0970. The smallest absolute Gasteiger partial charge is 0.263 e. The van der Waals surface area contributed by atoms with Gasteiger partial charge in [0.05, 0.1) is 16.3 Å². The zero-order chi connectivity index (χ0) is 15.2. The van der Waals surface area contributed by atoms with Crippen molar-refractivity contribution in [2.75, 3.05) is 40.3 Å². The van der Waals surface area contributed by atoms with Gasteiger partial charge in [0.25, 0.3) is 5.91 Å². The van der Waals surface area contributed by atoms with Crippen molar-refractivity contribution in [2.45, 2.75) is 12.8 Å². The van der Waals surface area contributed by atoms with E-state index in [0.717, 1.165) is 29.4 Å². The summed E-state index contributed by atoms with van der Waals surface area (Å²) in [5.41, 5.74) is 5.36. The van der Waals surface area contributed by atoms with Crippen LogP contribution in [0.1, 0.15) is 27.4 Å². The number of rotatable bonds is 3. The first kappa shape index (κ1) is 16.0. The summed E-state index contributed by atoms with van der Waals surface area (Å²) in [6.45, 7) is 3.45. The molecule has 0 bridgehead atoms. The fraction of sp³-hybridized carbons (Fsp3) is 0.562. The Balaban J connectivity index is 1.91. The quantitative estimate of drug-likeness (QED) is 0.861. The minimum Gasteiger partial charge on any atom is -0.341 e. The number of nitrogens with zero attached hydrogens (tertiary/aromatic N) is 2. The second kappa shape index (κ2) is 7.60. The molecule has 0 radical (unpaired) electrons. The summed E-state index contributed by atoms with van der Waals surface area (Å²) in [6, 6.07) is 3.75. The lowest BCUT2D eigenvalue weighted by Crippen LogP contribution is -2.37. The summed E-state index contributed by atoms with van der Waals surface area (Å²) in [7, 11) is 4.05. The summed E-state index contributed by atoms with van der Waals surface area (Å²) in [5.74, 6) is 6.50. The highest BCUT2D eigenvalue weighted by Crippen LogP contribution is 2.20. The van der Waals surface area contributed by atoms with E-state index in [4.69, 9.17) is 5.73 Å². The second-order valence-electron chi connectivity index (χ2n) is 5.60. The maximum atomic E-state index is 12.4. The third-order valence-electron chi connectivity index (χ3n) is 3.85. The Bertz CT molecular complexity index is 535. The Morgan fingerprint density at radius 1 is 1.48 bits per heavy atom. The number of carbonyl (C=O) groups excluding carboxylic acids is 1. The first-order valence-electron chi connectivity index (χ1n) is 7.33. The molecule has 21 heavy (non-hydrogen) atoms. The Morgan fingerprint density at radius 3 is 2.86 bits per heavy atom. The van der Waals surface area contributed by atoms with Crippen LogP contribution in [0.4, 0.5) is 0 Å². The normalized spacial score (nSPS) is 16.3. The molecule has 4 nitrogen and oxygen atoms in total. The van der Waals surface area contributed by atoms with Gasteiger partial charge in [0.15, 0.2) is 0 Å². The number of carbonyl (C=O) groups is 1. The van der Waals surface area contributed by atoms with Crippen LogP contribution in [0, 0.1) is 17.8 Å². The molecule has 2 rings (SSSR count). The average Bonchev–Trinajstić information content (AvgIpc) is 2.95. The summed E-state index contributed by atoms with van der Waals surface area (Å²) < 4.78 is 0. The van der Waals surface area contributed by atoms with Crippen molar-refractivity contribution in [2.24, 2.45) is 11.7 Å². The van der Waals surface area contributed by atoms with Gasteiger partial charge < -0.3 is 15.5 Å². The lowest BCUT2D eigenvalue weighted by atomic mass is 9.96. The van der Waals surface area contributed by atoms with Crippen molar-refractivity contribution in [1.29, 1.82) is 0 Å². The van der Waals surface area contributed by atoms with Crippen LogP contribution < -0.4 is 5.73 Å². The second-order valence-corrected chi connectivity index (χ2v) is 6.69. The molecular formula is C16H23N3OS. The molecule has 0 aliphatic carbocycles. The zero-order valence-electron chi connectivity index (χ0n) is 12.8. The molecule has 1 aromatic rings. The third-order valence-corrected chi connectivity index (χ3v) is 4.84. The van der Waals surface area contributed by atoms with Crippen LogP contribution in [0.2, 0.25) is 0 Å². The van der Waals surface area contributed by atoms with Gasteiger partial charge in [-0.25, -0.2) is 0 Å². The molecule has 5 heteroatoms. The molecule has 1 amide bonds. The molecule has 0 spiro atoms. The number of piperidine rings is 1. The van der Waals surface area contributed by atoms with Gasteiger partial charge in [0, 0.05) is 13.6 Å². The molecule has 0 saturated carbocycles. The van der Waals surface area contributed by atoms with E-state index in [1.807, 2.05) is 24.1 Å². The molecule has 1 saturated heterocycles. The van der Waals surface area contributed by atoms with Crippen molar-refractivity contribution in [1.82, 2.24) is 9.80 Å². The maximum Gasteiger partial charge on any atom is 0.263 e. The van der Waals surface area contributed by atoms with Gasteiger partial charge in [-0.2, -0.15) is 0 Å². The number of amides is 1. The van der Waals surface area contributed by atoms with Crippen molar-refractivity contribution in [3.05, 3.63) is 21.9 Å². The third kappa shape index (κ3) is 4.57. The maximum absolute atomic E-state index is 12.4. The van der Waals surface area contributed by atoms with Gasteiger partial charge in [-0.3, -0.25) is 4.79 Å².